The SMILES string of the molecule is O=C(Nc1ccc(N2CCCCC2)cc1)c1ccc(S(=O)(=O)N2CCCCC2)cc1. The number of rotatable bonds is 5. The third-order valence-corrected chi connectivity index (χ3v) is 7.83. The number of hydrogen-bond acceptors (Lipinski definition) is 4. The Morgan fingerprint density at radius 3 is 1.90 bits per heavy atom. The summed E-state index contributed by atoms with van der Waals surface area (Å²) in [6, 6.07) is 14.1. The highest BCUT2D eigenvalue weighted by molar-refractivity contribution is 7.89. The second kappa shape index (κ2) is 9.18. The Balaban J connectivity index is 1.40. The Bertz CT molecular complexity index is 960. The first-order valence-corrected chi connectivity index (χ1v) is 12.2. The number of anilines is 2. The first-order chi connectivity index (χ1) is 14.5. The Labute approximate surface area is 178 Å². The van der Waals surface area contributed by atoms with Gasteiger partial charge in [-0.1, -0.05) is 6.42 Å². The van der Waals surface area contributed by atoms with Crippen LogP contribution in [-0.2, 0) is 10.0 Å². The molecule has 2 aromatic carbocycles. The van der Waals surface area contributed by atoms with Gasteiger partial charge in [-0.15, -0.1) is 0 Å². The summed E-state index contributed by atoms with van der Waals surface area (Å²) in [5.41, 5.74) is 2.35. The normalized spacial score (nSPS) is 18.2. The largest absolute Gasteiger partial charge is 0.372 e. The number of benzene rings is 2. The summed E-state index contributed by atoms with van der Waals surface area (Å²) < 4.78 is 27.0. The van der Waals surface area contributed by atoms with E-state index in [1.54, 1.807) is 12.1 Å². The Hall–Kier alpha value is -2.38. The van der Waals surface area contributed by atoms with Crippen molar-refractivity contribution in [1.29, 1.82) is 0 Å². The van der Waals surface area contributed by atoms with Crippen LogP contribution in [0.3, 0.4) is 0 Å². The van der Waals surface area contributed by atoms with Crippen molar-refractivity contribution in [3.63, 3.8) is 0 Å². The molecule has 6 nitrogen and oxygen atoms in total. The molecule has 2 aromatic rings. The van der Waals surface area contributed by atoms with Crippen molar-refractivity contribution in [3.05, 3.63) is 54.1 Å². The molecule has 7 heteroatoms. The van der Waals surface area contributed by atoms with Crippen LogP contribution in [0.4, 0.5) is 11.4 Å². The highest BCUT2D eigenvalue weighted by atomic mass is 32.2. The summed E-state index contributed by atoms with van der Waals surface area (Å²) >= 11 is 0. The van der Waals surface area contributed by atoms with Crippen molar-refractivity contribution < 1.29 is 13.2 Å². The van der Waals surface area contributed by atoms with Crippen LogP contribution in [0.25, 0.3) is 0 Å². The van der Waals surface area contributed by atoms with E-state index in [-0.39, 0.29) is 10.8 Å². The molecule has 0 bridgehead atoms. The van der Waals surface area contributed by atoms with Gasteiger partial charge in [0.2, 0.25) is 10.0 Å². The molecule has 0 aromatic heterocycles. The van der Waals surface area contributed by atoms with E-state index in [1.807, 2.05) is 24.3 Å². The smallest absolute Gasteiger partial charge is 0.255 e. The van der Waals surface area contributed by atoms with Crippen LogP contribution < -0.4 is 10.2 Å². The topological polar surface area (TPSA) is 69.7 Å². The molecule has 2 fully saturated rings. The molecule has 30 heavy (non-hydrogen) atoms. The molecule has 1 N–H and O–H groups in total. The van der Waals surface area contributed by atoms with Gasteiger partial charge < -0.3 is 10.2 Å². The molecule has 0 atom stereocenters. The highest BCUT2D eigenvalue weighted by Gasteiger charge is 2.26. The van der Waals surface area contributed by atoms with E-state index in [0.29, 0.717) is 18.7 Å². The maximum Gasteiger partial charge on any atom is 0.255 e. The minimum atomic E-state index is -3.48. The van der Waals surface area contributed by atoms with Crippen LogP contribution >= 0.6 is 0 Å². The Morgan fingerprint density at radius 2 is 1.30 bits per heavy atom. The molecule has 2 aliphatic rings. The van der Waals surface area contributed by atoms with E-state index in [9.17, 15) is 13.2 Å². The predicted octanol–water partition coefficient (Wildman–Crippen LogP) is 4.10. The number of nitrogens with one attached hydrogen (secondary N) is 1. The van der Waals surface area contributed by atoms with Crippen molar-refractivity contribution >= 4 is 27.3 Å². The zero-order valence-corrected chi connectivity index (χ0v) is 18.0. The number of carbonyl (C=O) groups excluding carboxylic acids is 1. The van der Waals surface area contributed by atoms with Gasteiger partial charge in [-0.3, -0.25) is 4.79 Å². The summed E-state index contributed by atoms with van der Waals surface area (Å²) in [5.74, 6) is -0.248. The quantitative estimate of drug-likeness (QED) is 0.780. The fraction of sp³-hybridized carbons (Fsp3) is 0.435. The van der Waals surface area contributed by atoms with Gasteiger partial charge in [0, 0.05) is 43.1 Å². The number of hydrogen-bond donors (Lipinski definition) is 1. The summed E-state index contributed by atoms with van der Waals surface area (Å²) in [5, 5.41) is 2.89. The molecule has 0 spiro atoms. The van der Waals surface area contributed by atoms with Gasteiger partial charge in [-0.05, 0) is 80.6 Å². The van der Waals surface area contributed by atoms with Gasteiger partial charge >= 0.3 is 0 Å². The van der Waals surface area contributed by atoms with Gasteiger partial charge in [0.1, 0.15) is 0 Å². The first-order valence-electron chi connectivity index (χ1n) is 10.8. The lowest BCUT2D eigenvalue weighted by molar-refractivity contribution is 0.102. The minimum Gasteiger partial charge on any atom is -0.372 e. The van der Waals surface area contributed by atoms with E-state index < -0.39 is 10.0 Å². The summed E-state index contributed by atoms with van der Waals surface area (Å²) in [7, 11) is -3.48. The number of carbonyl (C=O) groups is 1. The maximum absolute atomic E-state index is 12.7. The Kier molecular flexibility index (Phi) is 6.39. The molecular formula is C23H29N3O3S. The lowest BCUT2D eigenvalue weighted by Crippen LogP contribution is -2.35. The van der Waals surface area contributed by atoms with Crippen LogP contribution in [0.15, 0.2) is 53.4 Å². The molecule has 4 rings (SSSR count). The van der Waals surface area contributed by atoms with Gasteiger partial charge in [0.05, 0.1) is 4.90 Å². The van der Waals surface area contributed by atoms with Gasteiger partial charge in [0.15, 0.2) is 0 Å². The molecule has 160 valence electrons. The highest BCUT2D eigenvalue weighted by Crippen LogP contribution is 2.23. The van der Waals surface area contributed by atoms with E-state index in [0.717, 1.165) is 38.0 Å². The third kappa shape index (κ3) is 4.68. The molecule has 0 saturated carbocycles. The fourth-order valence-electron chi connectivity index (χ4n) is 4.14. The van der Waals surface area contributed by atoms with Crippen LogP contribution in [-0.4, -0.2) is 44.8 Å². The third-order valence-electron chi connectivity index (χ3n) is 5.92. The summed E-state index contributed by atoms with van der Waals surface area (Å²) in [4.78, 5) is 15.2. The van der Waals surface area contributed by atoms with E-state index in [1.165, 1.54) is 41.4 Å². The zero-order chi connectivity index (χ0) is 21.0. The second-order valence-corrected chi connectivity index (χ2v) is 9.98. The zero-order valence-electron chi connectivity index (χ0n) is 17.2. The monoisotopic (exact) mass is 427 g/mol. The molecule has 1 amide bonds. The maximum atomic E-state index is 12.7. The van der Waals surface area contributed by atoms with Gasteiger partial charge in [0.25, 0.3) is 5.91 Å². The summed E-state index contributed by atoms with van der Waals surface area (Å²) in [6.45, 7) is 3.30. The number of sulfonamides is 1. The standard InChI is InChI=1S/C23H29N3O3S/c27-23(24-20-9-11-21(12-10-20)25-15-3-1-4-16-25)19-7-13-22(14-8-19)30(28,29)26-17-5-2-6-18-26/h7-14H,1-6,15-18H2,(H,24,27). The number of piperidine rings is 2. The van der Waals surface area contributed by atoms with Crippen molar-refractivity contribution in [2.24, 2.45) is 0 Å². The molecule has 2 saturated heterocycles. The number of amides is 1. The van der Waals surface area contributed by atoms with Crippen LogP contribution in [0.1, 0.15) is 48.9 Å². The predicted molar refractivity (Wildman–Crippen MR) is 120 cm³/mol. The van der Waals surface area contributed by atoms with Crippen molar-refractivity contribution in [1.82, 2.24) is 4.31 Å². The minimum absolute atomic E-state index is 0.242. The average Bonchev–Trinajstić information content (AvgIpc) is 2.81. The molecule has 0 unspecified atom stereocenters. The van der Waals surface area contributed by atoms with Crippen molar-refractivity contribution in [2.45, 2.75) is 43.4 Å². The molecular weight excluding hydrogens is 398 g/mol. The Morgan fingerprint density at radius 1 is 0.733 bits per heavy atom. The van der Waals surface area contributed by atoms with Crippen molar-refractivity contribution in [3.8, 4) is 0 Å². The molecule has 2 heterocycles. The molecule has 2 aliphatic heterocycles. The average molecular weight is 428 g/mol. The fourth-order valence-corrected chi connectivity index (χ4v) is 5.66. The second-order valence-electron chi connectivity index (χ2n) is 8.04. The molecule has 0 radical (unpaired) electrons. The van der Waals surface area contributed by atoms with Crippen molar-refractivity contribution in [2.75, 3.05) is 36.4 Å². The van der Waals surface area contributed by atoms with Crippen LogP contribution in [0.2, 0.25) is 0 Å². The van der Waals surface area contributed by atoms with Crippen LogP contribution in [0, 0.1) is 0 Å². The van der Waals surface area contributed by atoms with E-state index >= 15 is 0 Å². The van der Waals surface area contributed by atoms with Gasteiger partial charge in [-0.2, -0.15) is 4.31 Å². The van der Waals surface area contributed by atoms with E-state index in [2.05, 4.69) is 10.2 Å². The lowest BCUT2D eigenvalue weighted by Gasteiger charge is -2.28. The first kappa shape index (κ1) is 20.9. The molecule has 0 aliphatic carbocycles. The lowest BCUT2D eigenvalue weighted by atomic mass is 10.1. The van der Waals surface area contributed by atoms with Gasteiger partial charge in [-0.25, -0.2) is 8.42 Å². The summed E-state index contributed by atoms with van der Waals surface area (Å²) in [6.07, 6.45) is 6.61. The number of nitrogens with zero attached hydrogens (tertiary/aromatic N) is 2. The van der Waals surface area contributed by atoms with Crippen LogP contribution in [0.5, 0.6) is 0 Å². The van der Waals surface area contributed by atoms with E-state index in [4.69, 9.17) is 0 Å².